The van der Waals surface area contributed by atoms with Crippen LogP contribution < -0.4 is 4.90 Å². The van der Waals surface area contributed by atoms with Crippen LogP contribution in [-0.4, -0.2) is 28.4 Å². The lowest BCUT2D eigenvalue weighted by Crippen LogP contribution is -2.38. The number of anilines is 1. The van der Waals surface area contributed by atoms with E-state index in [-0.39, 0.29) is 6.61 Å². The minimum Gasteiger partial charge on any atom is -0.390 e. The molecule has 4 heteroatoms. The first kappa shape index (κ1) is 12.3. The fourth-order valence-electron chi connectivity index (χ4n) is 2.24. The number of hydrogen-bond donors (Lipinski definition) is 1. The molecule has 1 saturated heterocycles. The van der Waals surface area contributed by atoms with E-state index in [1.807, 2.05) is 12.1 Å². The number of aromatic nitrogens is 2. The molecular weight excluding hydrogens is 214 g/mol. The lowest BCUT2D eigenvalue weighted by Gasteiger charge is -2.39. The predicted octanol–water partition coefficient (Wildman–Crippen LogP) is 1.99. The molecule has 0 spiro atoms. The van der Waals surface area contributed by atoms with Crippen molar-refractivity contribution in [1.82, 2.24) is 10.2 Å². The van der Waals surface area contributed by atoms with Crippen LogP contribution in [0.15, 0.2) is 12.1 Å². The molecule has 1 N–H and O–H groups in total. The minimum absolute atomic E-state index is 0.0405. The number of rotatable bonds is 3. The molecule has 0 bridgehead atoms. The monoisotopic (exact) mass is 235 g/mol. The van der Waals surface area contributed by atoms with Crippen LogP contribution >= 0.6 is 0 Å². The highest BCUT2D eigenvalue weighted by molar-refractivity contribution is 5.37. The molecule has 2 rings (SSSR count). The highest BCUT2D eigenvalue weighted by Crippen LogP contribution is 2.34. The first-order valence-corrected chi connectivity index (χ1v) is 6.35. The Kier molecular flexibility index (Phi) is 3.62. The maximum absolute atomic E-state index is 8.92. The van der Waals surface area contributed by atoms with Crippen molar-refractivity contribution < 1.29 is 5.11 Å². The Bertz CT molecular complexity index is 355. The quantitative estimate of drug-likeness (QED) is 0.870. The molecule has 0 amide bonds. The van der Waals surface area contributed by atoms with Gasteiger partial charge in [0.1, 0.15) is 0 Å². The normalized spacial score (nSPS) is 19.4. The molecule has 1 aromatic heterocycles. The Morgan fingerprint density at radius 3 is 2.47 bits per heavy atom. The van der Waals surface area contributed by atoms with Crippen molar-refractivity contribution >= 4 is 5.82 Å². The number of aliphatic hydroxyl groups excluding tert-OH is 1. The number of aliphatic hydroxyl groups is 1. The molecule has 0 aromatic carbocycles. The Balaban J connectivity index is 2.00. The SMILES string of the molecule is CCC1(C)CCN(c2ccc(CO)nn2)CC1. The van der Waals surface area contributed by atoms with Crippen molar-refractivity contribution in [3.05, 3.63) is 17.8 Å². The topological polar surface area (TPSA) is 49.2 Å². The van der Waals surface area contributed by atoms with Gasteiger partial charge in [0.2, 0.25) is 0 Å². The molecule has 4 nitrogen and oxygen atoms in total. The standard InChI is InChI=1S/C13H21N3O/c1-3-13(2)6-8-16(9-7-13)12-5-4-11(10-17)14-15-12/h4-5,17H,3,6-10H2,1-2H3. The van der Waals surface area contributed by atoms with Crippen molar-refractivity contribution in [3.63, 3.8) is 0 Å². The van der Waals surface area contributed by atoms with Crippen LogP contribution in [0.25, 0.3) is 0 Å². The van der Waals surface area contributed by atoms with Crippen LogP contribution in [0.5, 0.6) is 0 Å². The molecule has 0 saturated carbocycles. The molecule has 0 atom stereocenters. The fraction of sp³-hybridized carbons (Fsp3) is 0.692. The molecule has 0 unspecified atom stereocenters. The maximum Gasteiger partial charge on any atom is 0.151 e. The van der Waals surface area contributed by atoms with Crippen molar-refractivity contribution in [2.75, 3.05) is 18.0 Å². The molecule has 0 aliphatic carbocycles. The highest BCUT2D eigenvalue weighted by Gasteiger charge is 2.28. The van der Waals surface area contributed by atoms with Gasteiger partial charge in [0, 0.05) is 13.1 Å². The molecule has 2 heterocycles. The summed E-state index contributed by atoms with van der Waals surface area (Å²) in [4.78, 5) is 2.28. The first-order chi connectivity index (χ1) is 8.17. The Hall–Kier alpha value is -1.16. The fourth-order valence-corrected chi connectivity index (χ4v) is 2.24. The van der Waals surface area contributed by atoms with E-state index in [0.29, 0.717) is 11.1 Å². The van der Waals surface area contributed by atoms with Gasteiger partial charge in [-0.2, -0.15) is 5.10 Å². The average molecular weight is 235 g/mol. The zero-order chi connectivity index (χ0) is 12.3. The molecule has 1 aliphatic heterocycles. The van der Waals surface area contributed by atoms with Crippen LogP contribution in [0.2, 0.25) is 0 Å². The van der Waals surface area contributed by atoms with Crippen LogP contribution in [0.4, 0.5) is 5.82 Å². The van der Waals surface area contributed by atoms with Gasteiger partial charge in [-0.25, -0.2) is 0 Å². The van der Waals surface area contributed by atoms with Gasteiger partial charge >= 0.3 is 0 Å². The van der Waals surface area contributed by atoms with Crippen LogP contribution in [0, 0.1) is 5.41 Å². The van der Waals surface area contributed by atoms with Gasteiger partial charge in [-0.05, 0) is 30.4 Å². The number of nitrogens with zero attached hydrogens (tertiary/aromatic N) is 3. The van der Waals surface area contributed by atoms with Gasteiger partial charge in [-0.3, -0.25) is 0 Å². The summed E-state index contributed by atoms with van der Waals surface area (Å²) in [6.45, 7) is 6.70. The molecule has 17 heavy (non-hydrogen) atoms. The Morgan fingerprint density at radius 2 is 2.00 bits per heavy atom. The summed E-state index contributed by atoms with van der Waals surface area (Å²) in [7, 11) is 0. The van der Waals surface area contributed by atoms with Crippen molar-refractivity contribution in [3.8, 4) is 0 Å². The van der Waals surface area contributed by atoms with Crippen LogP contribution in [-0.2, 0) is 6.61 Å². The van der Waals surface area contributed by atoms with Crippen LogP contribution in [0.3, 0.4) is 0 Å². The van der Waals surface area contributed by atoms with Crippen molar-refractivity contribution in [2.45, 2.75) is 39.7 Å². The Labute approximate surface area is 103 Å². The van der Waals surface area contributed by atoms with E-state index in [1.165, 1.54) is 19.3 Å². The molecule has 1 aliphatic rings. The molecule has 1 aromatic rings. The summed E-state index contributed by atoms with van der Waals surface area (Å²) < 4.78 is 0. The first-order valence-electron chi connectivity index (χ1n) is 6.35. The van der Waals surface area contributed by atoms with Gasteiger partial charge < -0.3 is 10.0 Å². The Morgan fingerprint density at radius 1 is 1.29 bits per heavy atom. The largest absolute Gasteiger partial charge is 0.390 e. The molecular formula is C13H21N3O. The minimum atomic E-state index is -0.0405. The summed E-state index contributed by atoms with van der Waals surface area (Å²) in [5, 5.41) is 17.1. The summed E-state index contributed by atoms with van der Waals surface area (Å²) in [5.74, 6) is 0.931. The zero-order valence-corrected chi connectivity index (χ0v) is 10.7. The average Bonchev–Trinajstić information content (AvgIpc) is 2.40. The van der Waals surface area contributed by atoms with E-state index in [2.05, 4.69) is 28.9 Å². The summed E-state index contributed by atoms with van der Waals surface area (Å²) in [5.41, 5.74) is 1.12. The van der Waals surface area contributed by atoms with E-state index in [0.717, 1.165) is 18.9 Å². The van der Waals surface area contributed by atoms with E-state index in [1.54, 1.807) is 0 Å². The van der Waals surface area contributed by atoms with Gasteiger partial charge in [0.15, 0.2) is 5.82 Å². The lowest BCUT2D eigenvalue weighted by molar-refractivity contribution is 0.237. The van der Waals surface area contributed by atoms with Gasteiger partial charge in [-0.1, -0.05) is 20.3 Å². The van der Waals surface area contributed by atoms with Crippen molar-refractivity contribution in [1.29, 1.82) is 0 Å². The smallest absolute Gasteiger partial charge is 0.151 e. The van der Waals surface area contributed by atoms with E-state index in [4.69, 9.17) is 5.11 Å². The third-order valence-electron chi connectivity index (χ3n) is 4.02. The van der Waals surface area contributed by atoms with E-state index in [9.17, 15) is 0 Å². The van der Waals surface area contributed by atoms with E-state index >= 15 is 0 Å². The summed E-state index contributed by atoms with van der Waals surface area (Å²) in [6.07, 6.45) is 3.68. The van der Waals surface area contributed by atoms with Gasteiger partial charge in [0.05, 0.1) is 12.3 Å². The second kappa shape index (κ2) is 5.00. The lowest BCUT2D eigenvalue weighted by atomic mass is 9.78. The summed E-state index contributed by atoms with van der Waals surface area (Å²) in [6, 6.07) is 3.79. The zero-order valence-electron chi connectivity index (χ0n) is 10.7. The maximum atomic E-state index is 8.92. The van der Waals surface area contributed by atoms with Gasteiger partial charge in [0.25, 0.3) is 0 Å². The third-order valence-corrected chi connectivity index (χ3v) is 4.02. The molecule has 94 valence electrons. The van der Waals surface area contributed by atoms with Crippen molar-refractivity contribution in [2.24, 2.45) is 5.41 Å². The molecule has 1 fully saturated rings. The number of piperidine rings is 1. The predicted molar refractivity (Wildman–Crippen MR) is 67.8 cm³/mol. The molecule has 0 radical (unpaired) electrons. The number of hydrogen-bond acceptors (Lipinski definition) is 4. The van der Waals surface area contributed by atoms with Crippen LogP contribution in [0.1, 0.15) is 38.8 Å². The second-order valence-electron chi connectivity index (χ2n) is 5.19. The summed E-state index contributed by atoms with van der Waals surface area (Å²) >= 11 is 0. The second-order valence-corrected chi connectivity index (χ2v) is 5.19. The van der Waals surface area contributed by atoms with Gasteiger partial charge in [-0.15, -0.1) is 5.10 Å². The van der Waals surface area contributed by atoms with E-state index < -0.39 is 0 Å². The third kappa shape index (κ3) is 2.75. The highest BCUT2D eigenvalue weighted by atomic mass is 16.3.